The first-order chi connectivity index (χ1) is 18.3. The zero-order valence-corrected chi connectivity index (χ0v) is 23.1. The third kappa shape index (κ3) is 10.0. The van der Waals surface area contributed by atoms with E-state index in [1.54, 1.807) is 0 Å². The van der Waals surface area contributed by atoms with Crippen molar-refractivity contribution in [1.82, 2.24) is 0 Å². The van der Waals surface area contributed by atoms with Gasteiger partial charge in [-0.15, -0.1) is 0 Å². The molecule has 1 nitrogen and oxygen atoms in total. The highest BCUT2D eigenvalue weighted by Crippen LogP contribution is 2.10. The molecule has 1 heterocycles. The summed E-state index contributed by atoms with van der Waals surface area (Å²) in [5, 5.41) is 0. The predicted molar refractivity (Wildman–Crippen MR) is 163 cm³/mol. The maximum absolute atomic E-state index is 2.33. The average Bonchev–Trinajstić information content (AvgIpc) is 2.97. The summed E-state index contributed by atoms with van der Waals surface area (Å²) in [5.74, 6) is 0. The average molecular weight is 491 g/mol. The molecule has 2 heteroatoms. The molecule has 4 rings (SSSR count). The van der Waals surface area contributed by atoms with E-state index in [1.165, 1.54) is 79.7 Å². The lowest BCUT2D eigenvalue weighted by Gasteiger charge is -2.19. The van der Waals surface area contributed by atoms with Crippen molar-refractivity contribution in [1.29, 1.82) is 0 Å². The molecular weight excluding hydrogens is 445 g/mol. The highest BCUT2D eigenvalue weighted by atomic mass is 14.9. The second kappa shape index (κ2) is 17.4. The molecule has 0 unspecified atom stereocenters. The number of aromatic nitrogens is 1. The van der Waals surface area contributed by atoms with Crippen molar-refractivity contribution in [3.05, 3.63) is 121 Å². The molecule has 0 saturated heterocycles. The van der Waals surface area contributed by atoms with Crippen LogP contribution in [0, 0.1) is 0 Å². The van der Waals surface area contributed by atoms with Crippen LogP contribution in [0.15, 0.2) is 116 Å². The predicted octanol–water partition coefficient (Wildman–Crippen LogP) is 6.88. The molecule has 0 spiro atoms. The monoisotopic (exact) mass is 490 g/mol. The van der Waals surface area contributed by atoms with Crippen LogP contribution in [-0.2, 0) is 13.0 Å². The zero-order chi connectivity index (χ0) is 26.0. The van der Waals surface area contributed by atoms with E-state index in [1.807, 2.05) is 6.07 Å². The SMILES string of the molecule is CCCCCCCCc1ccccc1B(c1ccccc1)c1ccccc1.CCCC[n+]1ccccc1. The van der Waals surface area contributed by atoms with Crippen molar-refractivity contribution in [2.45, 2.75) is 78.2 Å². The topological polar surface area (TPSA) is 3.88 Å². The molecule has 0 bridgehead atoms. The van der Waals surface area contributed by atoms with E-state index in [2.05, 4.69) is 128 Å². The molecule has 0 aliphatic rings. The van der Waals surface area contributed by atoms with Gasteiger partial charge < -0.3 is 0 Å². The molecule has 0 N–H and O–H groups in total. The number of rotatable bonds is 13. The summed E-state index contributed by atoms with van der Waals surface area (Å²) < 4.78 is 2.21. The van der Waals surface area contributed by atoms with Crippen LogP contribution in [0.4, 0.5) is 0 Å². The summed E-state index contributed by atoms with van der Waals surface area (Å²) in [6.07, 6.45) is 16.0. The number of hydrogen-bond acceptors (Lipinski definition) is 0. The minimum Gasteiger partial charge on any atom is -0.205 e. The minimum absolute atomic E-state index is 0.309. The largest absolute Gasteiger partial charge is 0.241 e. The highest BCUT2D eigenvalue weighted by molar-refractivity contribution is 6.95. The number of nitrogens with zero attached hydrogens (tertiary/aromatic N) is 1. The Balaban J connectivity index is 0.000000319. The third-order valence-corrected chi connectivity index (χ3v) is 6.98. The van der Waals surface area contributed by atoms with Gasteiger partial charge in [0, 0.05) is 18.6 Å². The Morgan fingerprint density at radius 3 is 1.65 bits per heavy atom. The van der Waals surface area contributed by atoms with Gasteiger partial charge in [-0.25, -0.2) is 4.57 Å². The van der Waals surface area contributed by atoms with Gasteiger partial charge in [0.05, 0.1) is 0 Å². The third-order valence-electron chi connectivity index (χ3n) is 6.98. The van der Waals surface area contributed by atoms with Crippen LogP contribution in [0.25, 0.3) is 0 Å². The second-order valence-electron chi connectivity index (χ2n) is 9.94. The molecule has 37 heavy (non-hydrogen) atoms. The summed E-state index contributed by atoms with van der Waals surface area (Å²) in [6.45, 7) is 5.95. The van der Waals surface area contributed by atoms with Crippen molar-refractivity contribution in [3.63, 3.8) is 0 Å². The minimum atomic E-state index is 0.309. The van der Waals surface area contributed by atoms with Crippen LogP contribution in [-0.4, -0.2) is 6.71 Å². The Bertz CT molecular complexity index is 1060. The lowest BCUT2D eigenvalue weighted by atomic mass is 9.36. The van der Waals surface area contributed by atoms with Gasteiger partial charge in [-0.1, -0.05) is 165 Å². The molecule has 0 radical (unpaired) electrons. The number of unbranched alkanes of at least 4 members (excludes halogenated alkanes) is 6. The first kappa shape index (κ1) is 28.4. The fourth-order valence-electron chi connectivity index (χ4n) is 4.91. The Kier molecular flexibility index (Phi) is 13.3. The maximum atomic E-state index is 2.33. The Morgan fingerprint density at radius 2 is 1.03 bits per heavy atom. The van der Waals surface area contributed by atoms with Gasteiger partial charge in [-0.05, 0) is 12.8 Å². The van der Waals surface area contributed by atoms with E-state index in [4.69, 9.17) is 0 Å². The van der Waals surface area contributed by atoms with Crippen LogP contribution in [0.3, 0.4) is 0 Å². The van der Waals surface area contributed by atoms with E-state index < -0.39 is 0 Å². The van der Waals surface area contributed by atoms with Gasteiger partial charge in [-0.2, -0.15) is 0 Å². The fourth-order valence-corrected chi connectivity index (χ4v) is 4.91. The van der Waals surface area contributed by atoms with Crippen LogP contribution in [0.5, 0.6) is 0 Å². The van der Waals surface area contributed by atoms with Crippen LogP contribution in [0.2, 0.25) is 0 Å². The number of hydrogen-bond donors (Lipinski definition) is 0. The van der Waals surface area contributed by atoms with Crippen LogP contribution in [0.1, 0.15) is 70.8 Å². The van der Waals surface area contributed by atoms with E-state index >= 15 is 0 Å². The Labute approximate surface area is 226 Å². The molecular formula is C35H45BN+. The normalized spacial score (nSPS) is 10.4. The van der Waals surface area contributed by atoms with E-state index in [9.17, 15) is 0 Å². The quantitative estimate of drug-likeness (QED) is 0.109. The number of aryl methyl sites for hydroxylation is 2. The molecule has 0 atom stereocenters. The van der Waals surface area contributed by atoms with Crippen LogP contribution >= 0.6 is 0 Å². The molecule has 1 aromatic heterocycles. The molecule has 0 amide bonds. The molecule has 3 aromatic carbocycles. The maximum Gasteiger partial charge on any atom is 0.241 e. The van der Waals surface area contributed by atoms with Crippen LogP contribution < -0.4 is 21.0 Å². The molecule has 0 aliphatic carbocycles. The van der Waals surface area contributed by atoms with Gasteiger partial charge in [0.2, 0.25) is 6.71 Å². The van der Waals surface area contributed by atoms with E-state index in [-0.39, 0.29) is 0 Å². The smallest absolute Gasteiger partial charge is 0.205 e. The Hall–Kier alpha value is -3.13. The zero-order valence-electron chi connectivity index (χ0n) is 23.1. The second-order valence-corrected chi connectivity index (χ2v) is 9.94. The lowest BCUT2D eigenvalue weighted by molar-refractivity contribution is -0.697. The summed E-state index contributed by atoms with van der Waals surface area (Å²) in [7, 11) is 0. The molecule has 0 fully saturated rings. The highest BCUT2D eigenvalue weighted by Gasteiger charge is 2.23. The summed E-state index contributed by atoms with van der Waals surface area (Å²) in [6, 6.07) is 37.1. The van der Waals surface area contributed by atoms with E-state index in [0.717, 1.165) is 6.54 Å². The number of pyridine rings is 1. The van der Waals surface area contributed by atoms with Crippen molar-refractivity contribution in [3.8, 4) is 0 Å². The lowest BCUT2D eigenvalue weighted by Crippen LogP contribution is -2.53. The Morgan fingerprint density at radius 1 is 0.514 bits per heavy atom. The molecule has 4 aromatic rings. The van der Waals surface area contributed by atoms with Gasteiger partial charge in [0.25, 0.3) is 0 Å². The molecule has 0 saturated carbocycles. The summed E-state index contributed by atoms with van der Waals surface area (Å²) >= 11 is 0. The fraction of sp³-hybridized carbons (Fsp3) is 0.343. The summed E-state index contributed by atoms with van der Waals surface area (Å²) in [5.41, 5.74) is 5.72. The molecule has 0 aliphatic heterocycles. The van der Waals surface area contributed by atoms with Gasteiger partial charge in [-0.3, -0.25) is 0 Å². The number of benzene rings is 3. The first-order valence-corrected chi connectivity index (χ1v) is 14.4. The summed E-state index contributed by atoms with van der Waals surface area (Å²) in [4.78, 5) is 0. The standard InChI is InChI=1S/C26H31B.C9H14N/c1-2-3-4-5-6-9-16-23-17-14-15-22-26(23)27(24-18-10-7-11-19-24)25-20-12-8-13-21-25;1-2-3-7-10-8-5-4-6-9-10/h7-8,10-15,17-22H,2-6,9,16H2,1H3;4-6,8-9H,2-3,7H2,1H3/q;+1. The first-order valence-electron chi connectivity index (χ1n) is 14.4. The van der Waals surface area contributed by atoms with Gasteiger partial charge in [0.1, 0.15) is 6.54 Å². The van der Waals surface area contributed by atoms with Gasteiger partial charge in [0.15, 0.2) is 12.4 Å². The van der Waals surface area contributed by atoms with Gasteiger partial charge >= 0.3 is 0 Å². The van der Waals surface area contributed by atoms with Crippen molar-refractivity contribution in [2.24, 2.45) is 0 Å². The molecule has 192 valence electrons. The van der Waals surface area contributed by atoms with Crippen molar-refractivity contribution in [2.75, 3.05) is 0 Å². The van der Waals surface area contributed by atoms with E-state index in [0.29, 0.717) is 6.71 Å². The van der Waals surface area contributed by atoms with Crippen molar-refractivity contribution >= 4 is 23.1 Å². The van der Waals surface area contributed by atoms with Crippen molar-refractivity contribution < 1.29 is 4.57 Å².